The Hall–Kier alpha value is -3.27. The molecule has 34 heavy (non-hydrogen) atoms. The number of thioether (sulfide) groups is 1. The van der Waals surface area contributed by atoms with Gasteiger partial charge in [-0.1, -0.05) is 55.5 Å². The van der Waals surface area contributed by atoms with E-state index in [9.17, 15) is 10.1 Å². The van der Waals surface area contributed by atoms with Crippen molar-refractivity contribution >= 4 is 34.6 Å². The molecule has 0 saturated carbocycles. The molecule has 2 unspecified atom stereocenters. The van der Waals surface area contributed by atoms with Crippen molar-refractivity contribution in [3.63, 3.8) is 0 Å². The van der Waals surface area contributed by atoms with Crippen LogP contribution in [0.3, 0.4) is 0 Å². The third kappa shape index (κ3) is 3.85. The first-order valence-electron chi connectivity index (χ1n) is 11.4. The molecular weight excluding hydrogens is 458 g/mol. The molecule has 0 amide bonds. The Morgan fingerprint density at radius 1 is 1.09 bits per heavy atom. The van der Waals surface area contributed by atoms with Crippen LogP contribution < -0.4 is 10.6 Å². The summed E-state index contributed by atoms with van der Waals surface area (Å²) in [7, 11) is 0. The van der Waals surface area contributed by atoms with E-state index >= 15 is 0 Å². The first kappa shape index (κ1) is 22.5. The van der Waals surface area contributed by atoms with Crippen molar-refractivity contribution in [3.8, 4) is 6.07 Å². The van der Waals surface area contributed by atoms with E-state index in [2.05, 4.69) is 31.2 Å². The molecule has 1 aromatic heterocycles. The van der Waals surface area contributed by atoms with E-state index in [4.69, 9.17) is 5.73 Å². The second-order valence-corrected chi connectivity index (χ2v) is 10.9. The van der Waals surface area contributed by atoms with Gasteiger partial charge in [0.15, 0.2) is 5.78 Å². The van der Waals surface area contributed by atoms with Crippen LogP contribution in [0.25, 0.3) is 0 Å². The minimum atomic E-state index is -0.426. The molecule has 3 aromatic rings. The summed E-state index contributed by atoms with van der Waals surface area (Å²) in [6, 6.07) is 24.5. The Labute approximate surface area is 208 Å². The molecule has 5 rings (SSSR count). The Morgan fingerprint density at radius 3 is 2.47 bits per heavy atom. The first-order chi connectivity index (χ1) is 16.6. The highest BCUT2D eigenvalue weighted by molar-refractivity contribution is 8.01. The Bertz CT molecular complexity index is 1320. The SMILES string of the molecule is CCSc1sccc1C1C(C#N)=C(N)N(c2ccccc2)C2=C1C(=O)CC(c1ccccc1)C2. The van der Waals surface area contributed by atoms with Gasteiger partial charge in [-0.2, -0.15) is 5.26 Å². The quantitative estimate of drug-likeness (QED) is 0.416. The van der Waals surface area contributed by atoms with E-state index in [-0.39, 0.29) is 11.7 Å². The number of nitrogens with two attached hydrogens (primary N) is 1. The van der Waals surface area contributed by atoms with Crippen LogP contribution >= 0.6 is 23.1 Å². The summed E-state index contributed by atoms with van der Waals surface area (Å²) in [6.07, 6.45) is 1.12. The van der Waals surface area contributed by atoms with E-state index in [0.29, 0.717) is 24.2 Å². The van der Waals surface area contributed by atoms with Gasteiger partial charge in [-0.3, -0.25) is 9.69 Å². The lowest BCUT2D eigenvalue weighted by Crippen LogP contribution is -2.40. The number of hydrogen-bond acceptors (Lipinski definition) is 6. The van der Waals surface area contributed by atoms with Gasteiger partial charge in [0, 0.05) is 23.4 Å². The van der Waals surface area contributed by atoms with Crippen molar-refractivity contribution < 1.29 is 4.79 Å². The van der Waals surface area contributed by atoms with Crippen molar-refractivity contribution in [2.24, 2.45) is 5.73 Å². The summed E-state index contributed by atoms with van der Waals surface area (Å²) in [5.74, 6) is 1.08. The van der Waals surface area contributed by atoms with Gasteiger partial charge in [0.1, 0.15) is 5.82 Å². The Kier molecular flexibility index (Phi) is 6.32. The van der Waals surface area contributed by atoms with Crippen LogP contribution in [0.4, 0.5) is 5.69 Å². The lowest BCUT2D eigenvalue weighted by molar-refractivity contribution is -0.116. The second kappa shape index (κ2) is 9.54. The van der Waals surface area contributed by atoms with Gasteiger partial charge >= 0.3 is 0 Å². The van der Waals surface area contributed by atoms with Crippen LogP contribution in [0, 0.1) is 11.3 Å². The fourth-order valence-electron chi connectivity index (χ4n) is 5.04. The van der Waals surface area contributed by atoms with Gasteiger partial charge in [0.2, 0.25) is 0 Å². The zero-order chi connectivity index (χ0) is 23.7. The monoisotopic (exact) mass is 483 g/mol. The van der Waals surface area contributed by atoms with Crippen molar-refractivity contribution in [1.82, 2.24) is 0 Å². The van der Waals surface area contributed by atoms with Crippen LogP contribution in [0.5, 0.6) is 0 Å². The topological polar surface area (TPSA) is 70.1 Å². The summed E-state index contributed by atoms with van der Waals surface area (Å²) in [4.78, 5) is 15.8. The molecule has 6 heteroatoms. The van der Waals surface area contributed by atoms with Crippen LogP contribution in [0.15, 0.2) is 99.0 Å². The molecule has 2 heterocycles. The first-order valence-corrected chi connectivity index (χ1v) is 13.3. The van der Waals surface area contributed by atoms with Crippen LogP contribution in [-0.2, 0) is 4.79 Å². The van der Waals surface area contributed by atoms with E-state index < -0.39 is 5.92 Å². The van der Waals surface area contributed by atoms with E-state index in [1.807, 2.05) is 58.8 Å². The molecule has 4 nitrogen and oxygen atoms in total. The number of carbonyl (C=O) groups excluding carboxylic acids is 1. The second-order valence-electron chi connectivity index (χ2n) is 8.41. The summed E-state index contributed by atoms with van der Waals surface area (Å²) >= 11 is 3.41. The zero-order valence-electron chi connectivity index (χ0n) is 18.9. The standard InChI is InChI=1S/C28H25N3OS2/c1-2-33-28-21(13-14-34-28)25-22(17-29)27(30)31(20-11-7-4-8-12-20)23-15-19(16-24(32)26(23)25)18-9-5-3-6-10-18/h3-14,19,25H,2,15-16,30H2,1H3. The molecule has 2 aliphatic rings. The molecule has 170 valence electrons. The molecule has 0 fully saturated rings. The number of thiophene rings is 1. The van der Waals surface area contributed by atoms with Gasteiger partial charge in [-0.15, -0.1) is 23.1 Å². The summed E-state index contributed by atoms with van der Waals surface area (Å²) in [6.45, 7) is 2.11. The molecule has 0 bridgehead atoms. The van der Waals surface area contributed by atoms with Crippen LogP contribution in [0.2, 0.25) is 0 Å². The average molecular weight is 484 g/mol. The molecule has 0 radical (unpaired) electrons. The number of ketones is 1. The Balaban J connectivity index is 1.72. The van der Waals surface area contributed by atoms with Crippen molar-refractivity contribution in [2.75, 3.05) is 10.7 Å². The lowest BCUT2D eigenvalue weighted by atomic mass is 9.72. The van der Waals surface area contributed by atoms with Crippen LogP contribution in [0.1, 0.15) is 42.7 Å². The average Bonchev–Trinajstić information content (AvgIpc) is 3.32. The zero-order valence-corrected chi connectivity index (χ0v) is 20.5. The number of anilines is 1. The van der Waals surface area contributed by atoms with E-state index in [0.717, 1.165) is 38.0 Å². The van der Waals surface area contributed by atoms with Crippen molar-refractivity contribution in [1.29, 1.82) is 5.26 Å². The predicted molar refractivity (Wildman–Crippen MR) is 140 cm³/mol. The number of nitrogens with zero attached hydrogens (tertiary/aromatic N) is 2. The third-order valence-corrected chi connectivity index (χ3v) is 8.65. The Morgan fingerprint density at radius 2 is 1.79 bits per heavy atom. The minimum Gasteiger partial charge on any atom is -0.384 e. The summed E-state index contributed by atoms with van der Waals surface area (Å²) in [5.41, 5.74) is 11.9. The maximum atomic E-state index is 13.9. The predicted octanol–water partition coefficient (Wildman–Crippen LogP) is 6.56. The van der Waals surface area contributed by atoms with Gasteiger partial charge in [-0.25, -0.2) is 0 Å². The molecule has 0 saturated heterocycles. The molecule has 0 spiro atoms. The number of rotatable bonds is 5. The highest BCUT2D eigenvalue weighted by Crippen LogP contribution is 2.51. The maximum absolute atomic E-state index is 13.9. The number of nitriles is 1. The molecule has 2 atom stereocenters. The number of para-hydroxylation sites is 1. The smallest absolute Gasteiger partial charge is 0.162 e. The summed E-state index contributed by atoms with van der Waals surface area (Å²) < 4.78 is 1.14. The van der Waals surface area contributed by atoms with Gasteiger partial charge in [0.25, 0.3) is 0 Å². The maximum Gasteiger partial charge on any atom is 0.162 e. The van der Waals surface area contributed by atoms with Gasteiger partial charge < -0.3 is 5.73 Å². The van der Waals surface area contributed by atoms with Gasteiger partial charge in [0.05, 0.1) is 21.8 Å². The fourth-order valence-corrected chi connectivity index (χ4v) is 7.11. The van der Waals surface area contributed by atoms with E-state index in [1.165, 1.54) is 0 Å². The van der Waals surface area contributed by atoms with Crippen LogP contribution in [-0.4, -0.2) is 11.5 Å². The minimum absolute atomic E-state index is 0.0720. The number of benzene rings is 2. The molecule has 2 aromatic carbocycles. The highest BCUT2D eigenvalue weighted by Gasteiger charge is 2.43. The lowest BCUT2D eigenvalue weighted by Gasteiger charge is -2.41. The number of carbonyl (C=O) groups is 1. The molecule has 2 N–H and O–H groups in total. The number of Topliss-reactive ketones (excluding diaryl/α,β-unsaturated/α-hetero) is 1. The highest BCUT2D eigenvalue weighted by atomic mass is 32.2. The van der Waals surface area contributed by atoms with Crippen molar-refractivity contribution in [3.05, 3.63) is 106 Å². The number of hydrogen-bond donors (Lipinski definition) is 1. The van der Waals surface area contributed by atoms with Crippen molar-refractivity contribution in [2.45, 2.75) is 35.8 Å². The van der Waals surface area contributed by atoms with Gasteiger partial charge in [-0.05, 0) is 52.8 Å². The molecular formula is C28H25N3OS2. The van der Waals surface area contributed by atoms with E-state index in [1.54, 1.807) is 23.1 Å². The third-order valence-electron chi connectivity index (χ3n) is 6.50. The molecule has 1 aliphatic heterocycles. The largest absolute Gasteiger partial charge is 0.384 e. The fraction of sp³-hybridized carbons (Fsp3) is 0.214. The molecule has 1 aliphatic carbocycles. The number of allylic oxidation sites excluding steroid dienone is 3. The summed E-state index contributed by atoms with van der Waals surface area (Å²) in [5, 5.41) is 12.3. The normalized spacial score (nSPS) is 20.4.